The Morgan fingerprint density at radius 1 is 0.444 bits per heavy atom. The minimum atomic E-state index is -3.75. The molecule has 0 aliphatic carbocycles. The second-order valence-electron chi connectivity index (χ2n) is 29.0. The number of phosphoric acid groups is 1. The number of aliphatic hydroxyl groups excluding tert-OH is 9. The first-order chi connectivity index (χ1) is 55.1. The monoisotopic (exact) mass is 1710 g/mol. The van der Waals surface area contributed by atoms with E-state index in [2.05, 4.69) is 40.9 Å². The summed E-state index contributed by atoms with van der Waals surface area (Å²) in [4.78, 5) is 128. The molecule has 17 atom stereocenters. The predicted octanol–water partition coefficient (Wildman–Crippen LogP) is 3.04. The number of carbonyl (C=O) groups is 9. The van der Waals surface area contributed by atoms with E-state index in [-0.39, 0.29) is 173 Å². The Bertz CT molecular complexity index is 2700. The van der Waals surface area contributed by atoms with Crippen molar-refractivity contribution in [3.63, 3.8) is 0 Å². The summed E-state index contributed by atoms with van der Waals surface area (Å²) in [6.07, 6.45) is -0.0207. The van der Waals surface area contributed by atoms with E-state index in [0.29, 0.717) is 122 Å². The molecule has 3 saturated heterocycles. The van der Waals surface area contributed by atoms with Crippen molar-refractivity contribution in [2.75, 3.05) is 113 Å². The second-order valence-corrected chi connectivity index (χ2v) is 30.5. The van der Waals surface area contributed by atoms with E-state index in [1.165, 1.54) is 18.9 Å². The number of phosphoric ester groups is 1. The van der Waals surface area contributed by atoms with Gasteiger partial charge in [-0.2, -0.15) is 0 Å². The van der Waals surface area contributed by atoms with E-state index < -0.39 is 144 Å². The third-order valence-corrected chi connectivity index (χ3v) is 20.5. The van der Waals surface area contributed by atoms with Crippen LogP contribution in [0.25, 0.3) is 0 Å². The highest BCUT2D eigenvalue weighted by Crippen LogP contribution is 2.42. The van der Waals surface area contributed by atoms with E-state index in [1.54, 1.807) is 13.8 Å². The van der Waals surface area contributed by atoms with Gasteiger partial charge in [0, 0.05) is 137 Å². The van der Waals surface area contributed by atoms with E-state index in [4.69, 9.17) is 43.8 Å². The standard InChI is InChI=1S/C68H121N7O25.C7H18NO4P.C2H6.2CH4/c1-44-59(87)61(89)51(41-76)98-65(44)95-36-17-5-8-26-55(84)70-33-16-13-25-50(82)49(24-12-15-32-71-57(86)29-20-23-47(80)30-39-94-4)75(68(93)73-35-21-34-72-56(85)28-9-6-18-37-96-66-45(2)60(88)62(90)52(42-77)99-66)40-48(81)22-11-14-31-69-54(83)27-10-7-19-38-97-67-58(74-46(3)79)64(92)63(91)53(43-78)100-67;1-11-13(9,10)12-7-5-3-2-4-6-8;1-2;;/h44-45,49,51-53,58-67,76-78,87-92H,5-43H2,1-4H3,(H,69,83)(H,70,84)(H,71,86)(H,72,85)(H,73,93)(H,74,79);2-8H2,1H3,(H,9,10);1-2H3;2*1H4/t44?,45?,49?,51?,52?,53?,58?,59-,60-,61+,62+,63+,64-,65-,66-,67-;;;;/m1..../s1. The molecule has 0 bridgehead atoms. The average molecular weight is 1710 g/mol. The number of ketones is 3. The molecular formula is C79H153N8O29P. The van der Waals surface area contributed by atoms with Crippen LogP contribution in [-0.2, 0) is 85.1 Å². The number of urea groups is 1. The molecule has 3 aliphatic rings. The molecule has 3 rings (SSSR count). The van der Waals surface area contributed by atoms with Crippen LogP contribution in [0, 0.1) is 11.8 Å². The number of unbranched alkanes of at least 4 members (excludes halogenated alkanes) is 12. The summed E-state index contributed by atoms with van der Waals surface area (Å²) in [7, 11) is -1.10. The number of nitrogens with one attached hydrogen (secondary N) is 6. The van der Waals surface area contributed by atoms with Crippen molar-refractivity contribution < 1.29 is 141 Å². The number of nitrogens with two attached hydrogens (primary N) is 1. The Balaban J connectivity index is 0. The number of hydrogen-bond acceptors (Lipinski definition) is 29. The first-order valence-corrected chi connectivity index (χ1v) is 43.0. The van der Waals surface area contributed by atoms with Crippen LogP contribution in [0.15, 0.2) is 0 Å². The summed E-state index contributed by atoms with van der Waals surface area (Å²) in [5.41, 5.74) is 5.30. The molecule has 3 heterocycles. The topological polar surface area (TPSA) is 558 Å². The van der Waals surface area contributed by atoms with Crippen molar-refractivity contribution in [2.24, 2.45) is 17.6 Å². The molecule has 3 aliphatic heterocycles. The summed E-state index contributed by atoms with van der Waals surface area (Å²) < 4.78 is 58.7. The largest absolute Gasteiger partial charge is 0.471 e. The third kappa shape index (κ3) is 50.3. The molecule has 0 aromatic heterocycles. The van der Waals surface area contributed by atoms with Gasteiger partial charge in [0.25, 0.3) is 0 Å². The molecule has 8 unspecified atom stereocenters. The van der Waals surface area contributed by atoms with Gasteiger partial charge in [0.05, 0.1) is 57.8 Å². The van der Waals surface area contributed by atoms with Crippen LogP contribution in [0.3, 0.4) is 0 Å². The van der Waals surface area contributed by atoms with Gasteiger partial charge in [-0.05, 0) is 116 Å². The smallest absolute Gasteiger partial charge is 0.394 e. The van der Waals surface area contributed by atoms with Crippen LogP contribution < -0.4 is 37.6 Å². The summed E-state index contributed by atoms with van der Waals surface area (Å²) in [6, 6.07) is -2.81. The van der Waals surface area contributed by atoms with Crippen LogP contribution in [0.5, 0.6) is 0 Å². The van der Waals surface area contributed by atoms with E-state index in [9.17, 15) is 93.7 Å². The van der Waals surface area contributed by atoms with Gasteiger partial charge < -0.3 is 127 Å². The average Bonchev–Trinajstić information content (AvgIpc) is 0.822. The van der Waals surface area contributed by atoms with E-state index >= 15 is 0 Å². The lowest BCUT2D eigenvalue weighted by atomic mass is 9.92. The third-order valence-electron chi connectivity index (χ3n) is 19.6. The molecule has 0 radical (unpaired) electrons. The fraction of sp³-hybridized carbons (Fsp3) is 0.886. The van der Waals surface area contributed by atoms with Gasteiger partial charge in [0.15, 0.2) is 30.4 Å². The molecule has 38 heteroatoms. The molecule has 0 saturated carbocycles. The molecule has 0 spiro atoms. The normalized spacial score (nSPS) is 23.6. The fourth-order valence-corrected chi connectivity index (χ4v) is 13.0. The molecule has 7 amide bonds. The Kier molecular flexibility index (Phi) is 67.8. The minimum absolute atomic E-state index is 0. The van der Waals surface area contributed by atoms with Crippen LogP contribution in [0.4, 0.5) is 4.79 Å². The van der Waals surface area contributed by atoms with Crippen LogP contribution in [-0.4, -0.2) is 307 Å². The number of methoxy groups -OCH3 is 1. The number of hydrogen-bond donors (Lipinski definition) is 17. The van der Waals surface area contributed by atoms with Gasteiger partial charge in [0.2, 0.25) is 29.5 Å². The van der Waals surface area contributed by atoms with Gasteiger partial charge in [-0.25, -0.2) is 9.36 Å². The maximum Gasteiger partial charge on any atom is 0.471 e. The summed E-state index contributed by atoms with van der Waals surface area (Å²) in [5, 5.41) is 107. The Morgan fingerprint density at radius 3 is 1.28 bits per heavy atom. The molecule has 0 aromatic carbocycles. The fourth-order valence-electron chi connectivity index (χ4n) is 12.6. The number of amides is 7. The SMILES string of the molecule is C.C.CC.COCCC(=O)CCCC(=O)NCCCCC(C(=O)CCCCNC(=O)CCCCCO[C@@H]1OC(CO)[C@H](O)[C@H](O)C1C)N(CC(=O)CCCCNC(=O)CCCCCO[C@@H]1OC(CO)[C@H](O)[C@H](O)C1NC(C)=O)C(=O)NCCCNC(=O)CCCCCO[C@@H]1OC(CO)[C@H](O)[C@H](O)C1C.COP(=O)(O)OCCCCCCN. The zero-order valence-electron chi connectivity index (χ0n) is 69.3. The van der Waals surface area contributed by atoms with Crippen LogP contribution >= 0.6 is 7.82 Å². The van der Waals surface area contributed by atoms with E-state index in [0.717, 1.165) is 32.8 Å². The van der Waals surface area contributed by atoms with Crippen molar-refractivity contribution in [3.05, 3.63) is 0 Å². The van der Waals surface area contributed by atoms with Crippen molar-refractivity contribution >= 4 is 60.7 Å². The zero-order chi connectivity index (χ0) is 85.9. The number of aliphatic hydroxyl groups is 9. The van der Waals surface area contributed by atoms with E-state index in [1.807, 2.05) is 13.8 Å². The minimum Gasteiger partial charge on any atom is -0.394 e. The summed E-state index contributed by atoms with van der Waals surface area (Å²) in [6.45, 7) is 9.66. The van der Waals surface area contributed by atoms with Gasteiger partial charge in [-0.3, -0.25) is 47.4 Å². The summed E-state index contributed by atoms with van der Waals surface area (Å²) >= 11 is 0. The highest BCUT2D eigenvalue weighted by molar-refractivity contribution is 7.47. The predicted molar refractivity (Wildman–Crippen MR) is 435 cm³/mol. The lowest BCUT2D eigenvalue weighted by Crippen LogP contribution is -2.64. The maximum absolute atomic E-state index is 14.4. The number of carbonyl (C=O) groups excluding carboxylic acids is 9. The lowest BCUT2D eigenvalue weighted by molar-refractivity contribution is -0.282. The maximum atomic E-state index is 14.4. The van der Waals surface area contributed by atoms with Crippen molar-refractivity contribution in [3.8, 4) is 0 Å². The second kappa shape index (κ2) is 69.6. The van der Waals surface area contributed by atoms with Gasteiger partial charge in [-0.15, -0.1) is 0 Å². The van der Waals surface area contributed by atoms with Crippen molar-refractivity contribution in [1.82, 2.24) is 36.8 Å². The van der Waals surface area contributed by atoms with Gasteiger partial charge in [-0.1, -0.05) is 74.7 Å². The first-order valence-electron chi connectivity index (χ1n) is 41.5. The first kappa shape index (κ1) is 114. The molecule has 0 aromatic rings. The Hall–Kier alpha value is -4.94. The molecule has 37 nitrogen and oxygen atoms in total. The van der Waals surface area contributed by atoms with Crippen molar-refractivity contribution in [1.29, 1.82) is 0 Å². The number of ether oxygens (including phenoxy) is 7. The Labute approximate surface area is 694 Å². The zero-order valence-corrected chi connectivity index (χ0v) is 70.2. The summed E-state index contributed by atoms with van der Waals surface area (Å²) in [5.74, 6) is -3.03. The quantitative estimate of drug-likeness (QED) is 0.0307. The molecule has 18 N–H and O–H groups in total. The van der Waals surface area contributed by atoms with Crippen molar-refractivity contribution in [2.45, 2.75) is 328 Å². The number of Topliss-reactive ketones (excluding diaryl/α,β-unsaturated/α-hetero) is 3. The Morgan fingerprint density at radius 2 is 0.829 bits per heavy atom. The lowest BCUT2D eigenvalue weighted by Gasteiger charge is -2.42. The molecule has 3 fully saturated rings. The van der Waals surface area contributed by atoms with Crippen LogP contribution in [0.1, 0.15) is 242 Å². The number of nitrogens with zero attached hydrogens (tertiary/aromatic N) is 1. The molecular weight excluding hydrogens is 1560 g/mol. The van der Waals surface area contributed by atoms with Gasteiger partial charge in [0.1, 0.15) is 54.6 Å². The highest BCUT2D eigenvalue weighted by atomic mass is 31.2. The van der Waals surface area contributed by atoms with Gasteiger partial charge >= 0.3 is 13.9 Å². The number of rotatable bonds is 63. The molecule has 688 valence electrons. The highest BCUT2D eigenvalue weighted by Gasteiger charge is 2.46. The molecule has 117 heavy (non-hydrogen) atoms. The van der Waals surface area contributed by atoms with Crippen LogP contribution in [0.2, 0.25) is 0 Å².